The summed E-state index contributed by atoms with van der Waals surface area (Å²) in [4.78, 5) is 0. The molecule has 0 fully saturated rings. The molecule has 7 heteroatoms. The Morgan fingerprint density at radius 2 is 1.31 bits per heavy atom. The Balaban J connectivity index is 4.68. The van der Waals surface area contributed by atoms with Gasteiger partial charge in [-0.2, -0.15) is 0 Å². The Kier molecular flexibility index (Phi) is 6.63. The van der Waals surface area contributed by atoms with Crippen molar-refractivity contribution in [1.29, 1.82) is 0 Å². The maximum atomic E-state index is 6.15. The van der Waals surface area contributed by atoms with Gasteiger partial charge in [0.25, 0.3) is 0 Å². The summed E-state index contributed by atoms with van der Waals surface area (Å²) in [5.74, 6) is 0. The minimum absolute atomic E-state index is 0.226. The molecule has 1 radical (unpaired) electrons. The van der Waals surface area contributed by atoms with Crippen LogP contribution in [0.25, 0.3) is 0 Å². The summed E-state index contributed by atoms with van der Waals surface area (Å²) in [6.45, 7) is 10.9. The Hall–Kier alpha value is 0.491. The van der Waals surface area contributed by atoms with Crippen molar-refractivity contribution in [1.82, 2.24) is 0 Å². The van der Waals surface area contributed by atoms with Crippen molar-refractivity contribution in [3.8, 4) is 0 Å². The summed E-state index contributed by atoms with van der Waals surface area (Å²) >= 11 is 0. The SMILES string of the molecule is CO[Si](OC)(OC)C(C)[Si](C)O[Si](C)(C)C. The van der Waals surface area contributed by atoms with Crippen LogP contribution in [0, 0.1) is 0 Å². The molecule has 16 heavy (non-hydrogen) atoms. The zero-order chi connectivity index (χ0) is 13.0. The van der Waals surface area contributed by atoms with Crippen LogP contribution in [0.15, 0.2) is 0 Å². The normalized spacial score (nSPS) is 15.6. The van der Waals surface area contributed by atoms with Crippen molar-refractivity contribution in [3.05, 3.63) is 0 Å². The van der Waals surface area contributed by atoms with E-state index in [1.54, 1.807) is 21.3 Å². The van der Waals surface area contributed by atoms with Crippen LogP contribution >= 0.6 is 0 Å². The molecule has 97 valence electrons. The summed E-state index contributed by atoms with van der Waals surface area (Å²) < 4.78 is 22.6. The number of hydrogen-bond donors (Lipinski definition) is 0. The first kappa shape index (κ1) is 16.5. The van der Waals surface area contributed by atoms with Gasteiger partial charge in [-0.1, -0.05) is 6.92 Å². The minimum atomic E-state index is -2.54. The molecule has 0 heterocycles. The second-order valence-electron chi connectivity index (χ2n) is 4.76. The van der Waals surface area contributed by atoms with Gasteiger partial charge < -0.3 is 17.4 Å². The van der Waals surface area contributed by atoms with Crippen molar-refractivity contribution in [2.24, 2.45) is 0 Å². The molecule has 0 aliphatic rings. The van der Waals surface area contributed by atoms with Gasteiger partial charge in [0.2, 0.25) is 9.04 Å². The Morgan fingerprint density at radius 1 is 0.938 bits per heavy atom. The molecule has 1 unspecified atom stereocenters. The average Bonchev–Trinajstić information content (AvgIpc) is 2.18. The van der Waals surface area contributed by atoms with Crippen LogP contribution in [-0.2, 0) is 17.4 Å². The molecule has 0 aromatic heterocycles. The summed E-state index contributed by atoms with van der Waals surface area (Å²) in [5, 5.41) is 0.226. The predicted octanol–water partition coefficient (Wildman–Crippen LogP) is 2.27. The van der Waals surface area contributed by atoms with Gasteiger partial charge in [0.05, 0.1) is 0 Å². The van der Waals surface area contributed by atoms with E-state index in [0.717, 1.165) is 0 Å². The van der Waals surface area contributed by atoms with Gasteiger partial charge >= 0.3 is 8.80 Å². The zero-order valence-electron chi connectivity index (χ0n) is 11.7. The Labute approximate surface area is 103 Å². The molecule has 0 aliphatic carbocycles. The molecule has 0 bridgehead atoms. The van der Waals surface area contributed by atoms with E-state index in [0.29, 0.717) is 0 Å². The third-order valence-electron chi connectivity index (χ3n) is 2.46. The smallest absolute Gasteiger partial charge is 0.456 e. The molecule has 0 N–H and O–H groups in total. The molecule has 0 saturated heterocycles. The Morgan fingerprint density at radius 3 is 1.56 bits per heavy atom. The molecule has 0 spiro atoms. The molecule has 4 nitrogen and oxygen atoms in total. The summed E-state index contributed by atoms with van der Waals surface area (Å²) in [5.41, 5.74) is 0. The van der Waals surface area contributed by atoms with Crippen LogP contribution < -0.4 is 0 Å². The van der Waals surface area contributed by atoms with E-state index >= 15 is 0 Å². The third kappa shape index (κ3) is 4.40. The van der Waals surface area contributed by atoms with Gasteiger partial charge in [0.15, 0.2) is 8.32 Å². The van der Waals surface area contributed by atoms with E-state index in [1.165, 1.54) is 0 Å². The van der Waals surface area contributed by atoms with Gasteiger partial charge in [-0.15, -0.1) is 0 Å². The average molecular weight is 282 g/mol. The van der Waals surface area contributed by atoms with E-state index in [9.17, 15) is 0 Å². The fourth-order valence-corrected chi connectivity index (χ4v) is 11.3. The first-order valence-electron chi connectivity index (χ1n) is 5.40. The highest BCUT2D eigenvalue weighted by Gasteiger charge is 2.49. The van der Waals surface area contributed by atoms with E-state index < -0.39 is 26.2 Å². The van der Waals surface area contributed by atoms with Crippen molar-refractivity contribution in [2.75, 3.05) is 21.3 Å². The summed E-state index contributed by atoms with van der Waals surface area (Å²) in [6, 6.07) is 0. The summed E-state index contributed by atoms with van der Waals surface area (Å²) in [7, 11) is -0.0527. The van der Waals surface area contributed by atoms with Crippen LogP contribution in [0.1, 0.15) is 6.92 Å². The monoisotopic (exact) mass is 281 g/mol. The molecule has 0 rings (SSSR count). The second-order valence-corrected chi connectivity index (χ2v) is 15.8. The zero-order valence-corrected chi connectivity index (χ0v) is 14.7. The van der Waals surface area contributed by atoms with Gasteiger partial charge in [-0.05, 0) is 26.2 Å². The third-order valence-corrected chi connectivity index (χ3v) is 12.5. The quantitative estimate of drug-likeness (QED) is 0.671. The first-order valence-corrected chi connectivity index (χ1v) is 12.6. The number of hydrogen-bond acceptors (Lipinski definition) is 4. The predicted molar refractivity (Wildman–Crippen MR) is 72.3 cm³/mol. The second kappa shape index (κ2) is 6.43. The first-order chi connectivity index (χ1) is 7.22. The van der Waals surface area contributed by atoms with Crippen LogP contribution in [-0.4, -0.2) is 47.5 Å². The van der Waals surface area contributed by atoms with E-state index in [4.69, 9.17) is 17.4 Å². The molecule has 0 saturated carbocycles. The molecule has 0 amide bonds. The lowest BCUT2D eigenvalue weighted by Crippen LogP contribution is -2.53. The number of rotatable bonds is 7. The van der Waals surface area contributed by atoms with Crippen LogP contribution in [0.5, 0.6) is 0 Å². The molecule has 0 aliphatic heterocycles. The highest BCUT2D eigenvalue weighted by molar-refractivity contribution is 6.84. The Bertz CT molecular complexity index is 195. The van der Waals surface area contributed by atoms with Gasteiger partial charge in [-0.3, -0.25) is 0 Å². The van der Waals surface area contributed by atoms with E-state index in [1.807, 2.05) is 0 Å². The van der Waals surface area contributed by atoms with Crippen molar-refractivity contribution < 1.29 is 17.4 Å². The maximum Gasteiger partial charge on any atom is 0.502 e. The van der Waals surface area contributed by atoms with Crippen LogP contribution in [0.3, 0.4) is 0 Å². The molecular weight excluding hydrogens is 256 g/mol. The maximum absolute atomic E-state index is 6.15. The van der Waals surface area contributed by atoms with E-state index in [-0.39, 0.29) is 5.16 Å². The fraction of sp³-hybridized carbons (Fsp3) is 1.00. The standard InChI is InChI=1S/C9H25O4Si3/c1-9(14(5)13-15(6,7)8)16(10-2,11-3)12-4/h9H,1-8H3. The minimum Gasteiger partial charge on any atom is -0.456 e. The van der Waals surface area contributed by atoms with Gasteiger partial charge in [0, 0.05) is 26.5 Å². The molecule has 0 aromatic carbocycles. The van der Waals surface area contributed by atoms with Crippen LogP contribution in [0.4, 0.5) is 0 Å². The molecule has 1 atom stereocenters. The fourth-order valence-electron chi connectivity index (χ4n) is 1.60. The molecular formula is C9H25O4Si3. The lowest BCUT2D eigenvalue weighted by molar-refractivity contribution is 0.119. The highest BCUT2D eigenvalue weighted by Crippen LogP contribution is 2.28. The topological polar surface area (TPSA) is 36.9 Å². The lowest BCUT2D eigenvalue weighted by atomic mass is 10.9. The van der Waals surface area contributed by atoms with Crippen LogP contribution in [0.2, 0.25) is 31.4 Å². The van der Waals surface area contributed by atoms with Gasteiger partial charge in [0.1, 0.15) is 0 Å². The highest BCUT2D eigenvalue weighted by atomic mass is 28.4. The van der Waals surface area contributed by atoms with Crippen molar-refractivity contribution in [3.63, 3.8) is 0 Å². The lowest BCUT2D eigenvalue weighted by Gasteiger charge is -2.34. The largest absolute Gasteiger partial charge is 0.502 e. The van der Waals surface area contributed by atoms with Crippen molar-refractivity contribution in [2.45, 2.75) is 38.3 Å². The van der Waals surface area contributed by atoms with Crippen molar-refractivity contribution >= 4 is 26.2 Å². The van der Waals surface area contributed by atoms with E-state index in [2.05, 4.69) is 33.1 Å². The van der Waals surface area contributed by atoms with Gasteiger partial charge in [-0.25, -0.2) is 0 Å². The molecule has 0 aromatic rings. The summed E-state index contributed by atoms with van der Waals surface area (Å²) in [6.07, 6.45) is 0.